The van der Waals surface area contributed by atoms with E-state index in [0.29, 0.717) is 23.1 Å². The van der Waals surface area contributed by atoms with E-state index in [4.69, 9.17) is 0 Å². The number of benzene rings is 2. The lowest BCUT2D eigenvalue weighted by molar-refractivity contribution is 0.102. The molecule has 10 heteroatoms. The summed E-state index contributed by atoms with van der Waals surface area (Å²) in [5, 5.41) is 14.7. The summed E-state index contributed by atoms with van der Waals surface area (Å²) in [7, 11) is 0. The molecule has 4 aromatic rings. The van der Waals surface area contributed by atoms with E-state index in [1.165, 1.54) is 12.8 Å². The van der Waals surface area contributed by atoms with Crippen molar-refractivity contribution >= 4 is 34.6 Å². The normalized spacial score (nSPS) is 15.5. The monoisotopic (exact) mass is 565 g/mol. The Hall–Kier alpha value is -4.44. The summed E-state index contributed by atoms with van der Waals surface area (Å²) in [6.45, 7) is 13.3. The highest BCUT2D eigenvalue weighted by Crippen LogP contribution is 2.28. The summed E-state index contributed by atoms with van der Waals surface area (Å²) in [5.41, 5.74) is 6.33. The van der Waals surface area contributed by atoms with Gasteiger partial charge in [0, 0.05) is 67.0 Å². The van der Waals surface area contributed by atoms with Crippen molar-refractivity contribution in [3.05, 3.63) is 77.2 Å². The zero-order valence-electron chi connectivity index (χ0n) is 24.8. The number of anilines is 5. The fourth-order valence-corrected chi connectivity index (χ4v) is 5.32. The van der Waals surface area contributed by atoms with Crippen LogP contribution >= 0.6 is 0 Å². The molecule has 0 radical (unpaired) electrons. The third-order valence-corrected chi connectivity index (χ3v) is 7.90. The molecule has 3 heterocycles. The third-order valence-electron chi connectivity index (χ3n) is 7.90. The number of aryl methyl sites for hydroxylation is 3. The van der Waals surface area contributed by atoms with Gasteiger partial charge in [0.1, 0.15) is 18.0 Å². The van der Waals surface area contributed by atoms with Crippen LogP contribution in [-0.4, -0.2) is 69.3 Å². The lowest BCUT2D eigenvalue weighted by Crippen LogP contribution is -2.46. The summed E-state index contributed by atoms with van der Waals surface area (Å²) in [6.07, 6.45) is 3.89. The molecule has 218 valence electrons. The Bertz CT molecular complexity index is 1580. The molecule has 3 N–H and O–H groups in total. The molecule has 42 heavy (non-hydrogen) atoms. The second kappa shape index (κ2) is 11.8. The molecule has 2 fully saturated rings. The Kier molecular flexibility index (Phi) is 7.80. The van der Waals surface area contributed by atoms with Crippen LogP contribution in [0.3, 0.4) is 0 Å². The summed E-state index contributed by atoms with van der Waals surface area (Å²) in [5.74, 6) is 2.13. The maximum Gasteiger partial charge on any atom is 0.255 e. The first-order chi connectivity index (χ1) is 20.3. The van der Waals surface area contributed by atoms with Crippen LogP contribution < -0.4 is 20.9 Å². The largest absolute Gasteiger partial charge is 0.369 e. The van der Waals surface area contributed by atoms with Crippen LogP contribution in [0.4, 0.5) is 28.7 Å². The number of nitrogens with zero attached hydrogens (tertiary/aromatic N) is 6. The standard InChI is InChI=1S/C32H39N9O/c1-5-39-10-12-40(13-11-39)27-15-21(2)14-24(17-27)32(42)36-26-7-6-22(3)28(18-26)37-31-16-23(4)38-41(31)30-19-29(33-20-34-30)35-25-8-9-25/h6-7,14-20,25,37H,5,8-13H2,1-4H3,(H,36,42)(H,33,34,35). The van der Waals surface area contributed by atoms with Crippen LogP contribution in [0.25, 0.3) is 5.82 Å². The summed E-state index contributed by atoms with van der Waals surface area (Å²) in [6, 6.07) is 16.4. The number of piperazine rings is 1. The van der Waals surface area contributed by atoms with Gasteiger partial charge in [0.05, 0.1) is 5.69 Å². The summed E-state index contributed by atoms with van der Waals surface area (Å²) in [4.78, 5) is 27.1. The molecule has 0 bridgehead atoms. The van der Waals surface area contributed by atoms with Gasteiger partial charge in [-0.05, 0) is 81.6 Å². The summed E-state index contributed by atoms with van der Waals surface area (Å²) >= 11 is 0. The zero-order valence-corrected chi connectivity index (χ0v) is 24.8. The van der Waals surface area contributed by atoms with Gasteiger partial charge < -0.3 is 25.8 Å². The van der Waals surface area contributed by atoms with Crippen LogP contribution in [0.2, 0.25) is 0 Å². The molecule has 1 aliphatic carbocycles. The van der Waals surface area contributed by atoms with Crippen LogP contribution in [0.1, 0.15) is 46.9 Å². The Morgan fingerprint density at radius 3 is 2.52 bits per heavy atom. The van der Waals surface area contributed by atoms with Crippen LogP contribution in [0.15, 0.2) is 54.9 Å². The van der Waals surface area contributed by atoms with Gasteiger partial charge in [-0.1, -0.05) is 13.0 Å². The average Bonchev–Trinajstić information content (AvgIpc) is 3.73. The van der Waals surface area contributed by atoms with E-state index in [0.717, 1.165) is 72.6 Å². The molecule has 2 aliphatic rings. The first-order valence-corrected chi connectivity index (χ1v) is 14.8. The molecule has 10 nitrogen and oxygen atoms in total. The minimum absolute atomic E-state index is 0.125. The molecule has 6 rings (SSSR count). The maximum absolute atomic E-state index is 13.4. The highest BCUT2D eigenvalue weighted by Gasteiger charge is 2.22. The average molecular weight is 566 g/mol. The van der Waals surface area contributed by atoms with Crippen molar-refractivity contribution in [2.24, 2.45) is 0 Å². The molecule has 1 saturated heterocycles. The first kappa shape index (κ1) is 27.7. The van der Waals surface area contributed by atoms with Gasteiger partial charge in [-0.2, -0.15) is 9.78 Å². The van der Waals surface area contributed by atoms with Crippen molar-refractivity contribution in [2.45, 2.75) is 46.6 Å². The zero-order chi connectivity index (χ0) is 29.2. The predicted molar refractivity (Wildman–Crippen MR) is 168 cm³/mol. The van der Waals surface area contributed by atoms with Crippen LogP contribution in [0.5, 0.6) is 0 Å². The molecule has 2 aromatic carbocycles. The van der Waals surface area contributed by atoms with Gasteiger partial charge in [-0.15, -0.1) is 0 Å². The van der Waals surface area contributed by atoms with E-state index in [2.05, 4.69) is 53.8 Å². The third kappa shape index (κ3) is 6.38. The minimum atomic E-state index is -0.125. The fourth-order valence-electron chi connectivity index (χ4n) is 5.32. The molecular weight excluding hydrogens is 526 g/mol. The van der Waals surface area contributed by atoms with Crippen LogP contribution in [-0.2, 0) is 0 Å². The van der Waals surface area contributed by atoms with Gasteiger partial charge in [0.2, 0.25) is 0 Å². The maximum atomic E-state index is 13.4. The van der Waals surface area contributed by atoms with E-state index < -0.39 is 0 Å². The van der Waals surface area contributed by atoms with Crippen molar-refractivity contribution in [2.75, 3.05) is 53.6 Å². The smallest absolute Gasteiger partial charge is 0.255 e. The Morgan fingerprint density at radius 1 is 0.952 bits per heavy atom. The number of aromatic nitrogens is 4. The van der Waals surface area contributed by atoms with E-state index >= 15 is 0 Å². The predicted octanol–water partition coefficient (Wildman–Crippen LogP) is 5.30. The van der Waals surface area contributed by atoms with Crippen molar-refractivity contribution < 1.29 is 4.79 Å². The minimum Gasteiger partial charge on any atom is -0.369 e. The number of carbonyl (C=O) groups is 1. The highest BCUT2D eigenvalue weighted by molar-refractivity contribution is 6.05. The molecule has 0 spiro atoms. The molecule has 1 amide bonds. The highest BCUT2D eigenvalue weighted by atomic mass is 16.1. The molecule has 2 aromatic heterocycles. The van der Waals surface area contributed by atoms with E-state index in [1.807, 2.05) is 63.2 Å². The van der Waals surface area contributed by atoms with Crippen molar-refractivity contribution in [1.29, 1.82) is 0 Å². The van der Waals surface area contributed by atoms with E-state index in [1.54, 1.807) is 11.0 Å². The molecule has 0 unspecified atom stereocenters. The molecule has 0 atom stereocenters. The van der Waals surface area contributed by atoms with E-state index in [9.17, 15) is 4.79 Å². The molecule has 1 aliphatic heterocycles. The first-order valence-electron chi connectivity index (χ1n) is 14.8. The molecule has 1 saturated carbocycles. The van der Waals surface area contributed by atoms with Gasteiger partial charge in [-0.3, -0.25) is 4.79 Å². The topological polar surface area (TPSA) is 103 Å². The lowest BCUT2D eigenvalue weighted by Gasteiger charge is -2.35. The number of amides is 1. The number of rotatable bonds is 9. The van der Waals surface area contributed by atoms with E-state index in [-0.39, 0.29) is 5.91 Å². The van der Waals surface area contributed by atoms with Crippen molar-refractivity contribution in [3.63, 3.8) is 0 Å². The van der Waals surface area contributed by atoms with Gasteiger partial charge in [0.15, 0.2) is 5.82 Å². The Labute approximate surface area is 247 Å². The number of nitrogens with one attached hydrogen (secondary N) is 3. The number of likely N-dealkylation sites (N-methyl/N-ethyl adjacent to an activating group) is 1. The van der Waals surface area contributed by atoms with Crippen LogP contribution in [0, 0.1) is 20.8 Å². The quantitative estimate of drug-likeness (QED) is 0.251. The summed E-state index contributed by atoms with van der Waals surface area (Å²) < 4.78 is 1.79. The number of hydrogen-bond acceptors (Lipinski definition) is 8. The lowest BCUT2D eigenvalue weighted by atomic mass is 10.1. The second-order valence-corrected chi connectivity index (χ2v) is 11.4. The number of carbonyl (C=O) groups excluding carboxylic acids is 1. The van der Waals surface area contributed by atoms with Crippen molar-refractivity contribution in [3.8, 4) is 5.82 Å². The fraction of sp³-hybridized carbons (Fsp3) is 0.375. The SMILES string of the molecule is CCN1CCN(c2cc(C)cc(C(=O)Nc3ccc(C)c(Nc4cc(C)nn4-c4cc(NC5CC5)ncn4)c3)c2)CC1. The Balaban J connectivity index is 1.19. The van der Waals surface area contributed by atoms with Crippen molar-refractivity contribution in [1.82, 2.24) is 24.6 Å². The van der Waals surface area contributed by atoms with Gasteiger partial charge >= 0.3 is 0 Å². The van der Waals surface area contributed by atoms with Gasteiger partial charge in [0.25, 0.3) is 5.91 Å². The number of hydrogen-bond donors (Lipinski definition) is 3. The molecular formula is C32H39N9O. The van der Waals surface area contributed by atoms with Gasteiger partial charge in [-0.25, -0.2) is 9.97 Å². The second-order valence-electron chi connectivity index (χ2n) is 11.4. The Morgan fingerprint density at radius 2 is 1.76 bits per heavy atom.